The minimum Gasteiger partial charge on any atom is -0.478 e. The number of nitrogens with one attached hydrogen (secondary N) is 1. The van der Waals surface area contributed by atoms with E-state index in [4.69, 9.17) is 9.84 Å². The largest absolute Gasteiger partial charge is 0.478 e. The summed E-state index contributed by atoms with van der Waals surface area (Å²) in [5.74, 6) is 2.97. The van der Waals surface area contributed by atoms with Crippen molar-refractivity contribution in [3.05, 3.63) is 94.8 Å². The molecule has 0 aromatic heterocycles. The molecule has 1 aliphatic carbocycles. The Kier molecular flexibility index (Phi) is 5.67. The molecule has 0 radical (unpaired) electrons. The molecule has 0 atom stereocenters. The van der Waals surface area contributed by atoms with Crippen LogP contribution in [0, 0.1) is 17.7 Å². The third-order valence-corrected chi connectivity index (χ3v) is 5.12. The molecule has 2 N–H and O–H groups in total. The summed E-state index contributed by atoms with van der Waals surface area (Å²) in [7, 11) is 0. The predicted octanol–water partition coefficient (Wildman–Crippen LogP) is 4.41. The first-order valence-electron chi connectivity index (χ1n) is 9.66. The number of carbonyl (C=O) groups excluding carboxylic acids is 1. The first kappa shape index (κ1) is 20.2. The van der Waals surface area contributed by atoms with Crippen molar-refractivity contribution in [1.29, 1.82) is 0 Å². The van der Waals surface area contributed by atoms with E-state index in [1.165, 1.54) is 12.1 Å². The van der Waals surface area contributed by atoms with Gasteiger partial charge >= 0.3 is 12.1 Å². The highest BCUT2D eigenvalue weighted by Crippen LogP contribution is 2.44. The highest BCUT2D eigenvalue weighted by Gasteiger charge is 2.28. The van der Waals surface area contributed by atoms with Gasteiger partial charge in [-0.1, -0.05) is 66.4 Å². The van der Waals surface area contributed by atoms with Gasteiger partial charge in [-0.05, 0) is 34.4 Å². The second kappa shape index (κ2) is 8.72. The molecular weight excluding hydrogens is 397 g/mol. The zero-order valence-corrected chi connectivity index (χ0v) is 16.4. The van der Waals surface area contributed by atoms with Gasteiger partial charge in [-0.2, -0.15) is 0 Å². The minimum atomic E-state index is -1.27. The number of rotatable bonds is 4. The number of amides is 1. The van der Waals surface area contributed by atoms with Gasteiger partial charge in [-0.15, -0.1) is 0 Å². The van der Waals surface area contributed by atoms with Crippen molar-refractivity contribution in [3.63, 3.8) is 0 Å². The van der Waals surface area contributed by atoms with Crippen molar-refractivity contribution >= 4 is 12.1 Å². The first-order chi connectivity index (χ1) is 15.1. The van der Waals surface area contributed by atoms with E-state index in [0.29, 0.717) is 0 Å². The Labute approximate surface area is 178 Å². The van der Waals surface area contributed by atoms with Crippen LogP contribution in [0.3, 0.4) is 0 Å². The number of fused-ring (bicyclic) bond motifs is 3. The van der Waals surface area contributed by atoms with Crippen LogP contribution in [0.15, 0.2) is 66.7 Å². The second-order valence-corrected chi connectivity index (χ2v) is 6.95. The molecule has 0 aliphatic heterocycles. The van der Waals surface area contributed by atoms with Crippen LogP contribution >= 0.6 is 0 Å². The first-order valence-corrected chi connectivity index (χ1v) is 9.66. The van der Waals surface area contributed by atoms with Gasteiger partial charge in [0.05, 0.1) is 17.7 Å². The zero-order chi connectivity index (χ0) is 21.8. The molecule has 0 saturated heterocycles. The minimum absolute atomic E-state index is 0.0548. The van der Waals surface area contributed by atoms with Crippen LogP contribution in [0.4, 0.5) is 9.18 Å². The summed E-state index contributed by atoms with van der Waals surface area (Å²) in [6, 6.07) is 19.8. The van der Waals surface area contributed by atoms with Crippen LogP contribution in [-0.4, -0.2) is 30.3 Å². The molecule has 0 heterocycles. The lowest BCUT2D eigenvalue weighted by molar-refractivity contribution is 0.0696. The number of alkyl carbamates (subject to hydrolysis) is 1. The lowest BCUT2D eigenvalue weighted by Gasteiger charge is -2.14. The van der Waals surface area contributed by atoms with Crippen LogP contribution in [0.5, 0.6) is 0 Å². The molecule has 5 nitrogen and oxygen atoms in total. The van der Waals surface area contributed by atoms with Crippen LogP contribution in [0.1, 0.15) is 33.0 Å². The van der Waals surface area contributed by atoms with E-state index in [-0.39, 0.29) is 30.2 Å². The standard InChI is InChI=1S/C25H18FNO4/c26-23-13-5-11-21(24(28)29)20(23)12-6-14-27-25(30)31-15-22-18-9-3-1-7-16(18)17-8-2-4-10-19(17)22/h1-5,7-11,13,22H,14-15H2,(H,27,30)(H,28,29). The van der Waals surface area contributed by atoms with Crippen LogP contribution in [0.25, 0.3) is 11.1 Å². The summed E-state index contributed by atoms with van der Waals surface area (Å²) >= 11 is 0. The van der Waals surface area contributed by atoms with Crippen LogP contribution in [-0.2, 0) is 4.74 Å². The Morgan fingerprint density at radius 2 is 1.61 bits per heavy atom. The number of benzene rings is 3. The van der Waals surface area contributed by atoms with E-state index in [1.807, 2.05) is 36.4 Å². The smallest absolute Gasteiger partial charge is 0.407 e. The molecule has 3 aromatic rings. The number of hydrogen-bond donors (Lipinski definition) is 2. The van der Waals surface area contributed by atoms with E-state index in [9.17, 15) is 14.0 Å². The lowest BCUT2D eigenvalue weighted by Crippen LogP contribution is -2.26. The van der Waals surface area contributed by atoms with Crippen molar-refractivity contribution in [2.24, 2.45) is 0 Å². The molecule has 0 spiro atoms. The Bertz CT molecular complexity index is 1180. The monoisotopic (exact) mass is 415 g/mol. The predicted molar refractivity (Wildman–Crippen MR) is 113 cm³/mol. The van der Waals surface area contributed by atoms with Gasteiger partial charge in [0, 0.05) is 5.92 Å². The van der Waals surface area contributed by atoms with Crippen molar-refractivity contribution < 1.29 is 23.8 Å². The maximum Gasteiger partial charge on any atom is 0.407 e. The van der Waals surface area contributed by atoms with Crippen LogP contribution < -0.4 is 5.32 Å². The Hall–Kier alpha value is -4.11. The van der Waals surface area contributed by atoms with E-state index in [1.54, 1.807) is 0 Å². The third kappa shape index (κ3) is 4.12. The number of hydrogen-bond acceptors (Lipinski definition) is 3. The molecule has 0 saturated carbocycles. The van der Waals surface area contributed by atoms with Crippen molar-refractivity contribution in [3.8, 4) is 23.0 Å². The fraction of sp³-hybridized carbons (Fsp3) is 0.120. The number of carbonyl (C=O) groups is 2. The lowest BCUT2D eigenvalue weighted by atomic mass is 9.98. The second-order valence-electron chi connectivity index (χ2n) is 6.95. The van der Waals surface area contributed by atoms with Crippen LogP contribution in [0.2, 0.25) is 0 Å². The topological polar surface area (TPSA) is 75.6 Å². The third-order valence-electron chi connectivity index (χ3n) is 5.12. The van der Waals surface area contributed by atoms with Gasteiger partial charge in [0.2, 0.25) is 0 Å². The van der Waals surface area contributed by atoms with E-state index in [2.05, 4.69) is 29.3 Å². The Morgan fingerprint density at radius 1 is 0.968 bits per heavy atom. The fourth-order valence-electron chi connectivity index (χ4n) is 3.73. The summed E-state index contributed by atoms with van der Waals surface area (Å²) in [6.07, 6.45) is -0.650. The molecular formula is C25H18FNO4. The van der Waals surface area contributed by atoms with Gasteiger partial charge in [0.1, 0.15) is 12.4 Å². The number of carboxylic acid groups (broad SMARTS) is 1. The fourth-order valence-corrected chi connectivity index (χ4v) is 3.73. The average Bonchev–Trinajstić information content (AvgIpc) is 3.09. The molecule has 154 valence electrons. The highest BCUT2D eigenvalue weighted by atomic mass is 19.1. The summed E-state index contributed by atoms with van der Waals surface area (Å²) in [6.45, 7) is 0.0633. The van der Waals surface area contributed by atoms with Crippen molar-refractivity contribution in [2.45, 2.75) is 5.92 Å². The van der Waals surface area contributed by atoms with Gasteiger partial charge in [0.25, 0.3) is 0 Å². The summed E-state index contributed by atoms with van der Waals surface area (Å²) in [5.41, 5.74) is 4.04. The summed E-state index contributed by atoms with van der Waals surface area (Å²) in [4.78, 5) is 23.3. The molecule has 31 heavy (non-hydrogen) atoms. The molecule has 0 bridgehead atoms. The molecule has 4 rings (SSSR count). The van der Waals surface area contributed by atoms with E-state index >= 15 is 0 Å². The Morgan fingerprint density at radius 3 is 2.26 bits per heavy atom. The SMILES string of the molecule is O=C(NCC#Cc1c(F)cccc1C(=O)O)OCC1c2ccccc2-c2ccccc21. The normalized spacial score (nSPS) is 11.6. The zero-order valence-electron chi connectivity index (χ0n) is 16.4. The molecule has 0 fully saturated rings. The molecule has 1 aliphatic rings. The molecule has 1 amide bonds. The number of aromatic carboxylic acids is 1. The average molecular weight is 415 g/mol. The maximum atomic E-state index is 13.9. The Balaban J connectivity index is 1.38. The maximum absolute atomic E-state index is 13.9. The van der Waals surface area contributed by atoms with E-state index < -0.39 is 17.9 Å². The molecule has 6 heteroatoms. The van der Waals surface area contributed by atoms with Gasteiger partial charge in [-0.25, -0.2) is 14.0 Å². The van der Waals surface area contributed by atoms with Crippen molar-refractivity contribution in [2.75, 3.05) is 13.2 Å². The van der Waals surface area contributed by atoms with E-state index in [0.717, 1.165) is 28.3 Å². The molecule has 0 unspecified atom stereocenters. The summed E-state index contributed by atoms with van der Waals surface area (Å²) in [5, 5.41) is 11.6. The highest BCUT2D eigenvalue weighted by molar-refractivity contribution is 5.90. The number of ether oxygens (including phenoxy) is 1. The quantitative estimate of drug-likeness (QED) is 0.619. The van der Waals surface area contributed by atoms with Gasteiger partial charge in [-0.3, -0.25) is 0 Å². The van der Waals surface area contributed by atoms with Crippen molar-refractivity contribution in [1.82, 2.24) is 5.32 Å². The number of carboxylic acids is 1. The van der Waals surface area contributed by atoms with Gasteiger partial charge < -0.3 is 15.2 Å². The summed E-state index contributed by atoms with van der Waals surface area (Å²) < 4.78 is 19.2. The molecule has 3 aromatic carbocycles. The van der Waals surface area contributed by atoms with Gasteiger partial charge in [0.15, 0.2) is 0 Å². The number of halogens is 1.